The Morgan fingerprint density at radius 2 is 1.95 bits per heavy atom. The molecule has 2 aromatic rings. The highest BCUT2D eigenvalue weighted by atomic mass is 19.1. The Hall–Kier alpha value is -2.30. The van der Waals surface area contributed by atoms with Crippen molar-refractivity contribution in [2.45, 2.75) is 6.54 Å². The molecule has 0 aliphatic carbocycles. The van der Waals surface area contributed by atoms with Gasteiger partial charge in [0.2, 0.25) is 0 Å². The highest BCUT2D eigenvalue weighted by Crippen LogP contribution is 2.29. The van der Waals surface area contributed by atoms with Gasteiger partial charge in [0.05, 0.1) is 11.4 Å². The maximum absolute atomic E-state index is 12.9. The van der Waals surface area contributed by atoms with Crippen LogP contribution in [0.2, 0.25) is 0 Å². The van der Waals surface area contributed by atoms with Gasteiger partial charge in [0.1, 0.15) is 13.7 Å². The van der Waals surface area contributed by atoms with Crippen molar-refractivity contribution < 1.29 is 4.39 Å². The van der Waals surface area contributed by atoms with Gasteiger partial charge < -0.3 is 10.6 Å². The van der Waals surface area contributed by atoms with Crippen LogP contribution in [0.3, 0.4) is 0 Å². The molecule has 0 saturated heterocycles. The normalized spacial score (nSPS) is 10.3. The zero-order valence-corrected chi connectivity index (χ0v) is 11.7. The summed E-state index contributed by atoms with van der Waals surface area (Å²) < 4.78 is 12.9. The summed E-state index contributed by atoms with van der Waals surface area (Å²) in [5, 5.41) is 0. The molecular formula is C15H17BFN3. The fourth-order valence-electron chi connectivity index (χ4n) is 2.08. The second-order valence-electron chi connectivity index (χ2n) is 4.84. The van der Waals surface area contributed by atoms with Gasteiger partial charge in [-0.2, -0.15) is 0 Å². The second-order valence-corrected chi connectivity index (χ2v) is 4.84. The number of benzene rings is 2. The van der Waals surface area contributed by atoms with Gasteiger partial charge in [0, 0.05) is 19.3 Å². The van der Waals surface area contributed by atoms with Crippen molar-refractivity contribution in [3.63, 3.8) is 0 Å². The highest BCUT2D eigenvalue weighted by Gasteiger charge is 2.10. The fourth-order valence-corrected chi connectivity index (χ4v) is 2.08. The molecule has 0 atom stereocenters. The third kappa shape index (κ3) is 2.99. The quantitative estimate of drug-likeness (QED) is 0.521. The molecule has 0 fully saturated rings. The number of aliphatic imine (C=N–C) groups is 1. The minimum atomic E-state index is -0.232. The van der Waals surface area contributed by atoms with E-state index in [1.54, 1.807) is 12.1 Å². The predicted octanol–water partition coefficient (Wildman–Crippen LogP) is 1.63. The fraction of sp³-hybridized carbons (Fsp3) is 0.133. The third-order valence-corrected chi connectivity index (χ3v) is 3.28. The third-order valence-electron chi connectivity index (χ3n) is 3.28. The molecule has 5 heteroatoms. The number of rotatable bonds is 4. The van der Waals surface area contributed by atoms with Gasteiger partial charge in [0.25, 0.3) is 0 Å². The number of anilines is 2. The molecule has 0 aliphatic rings. The van der Waals surface area contributed by atoms with Gasteiger partial charge in [0.15, 0.2) is 0 Å². The molecule has 0 heterocycles. The van der Waals surface area contributed by atoms with Crippen molar-refractivity contribution in [1.29, 1.82) is 0 Å². The van der Waals surface area contributed by atoms with E-state index in [1.165, 1.54) is 12.1 Å². The van der Waals surface area contributed by atoms with Crippen molar-refractivity contribution in [1.82, 2.24) is 0 Å². The zero-order chi connectivity index (χ0) is 14.7. The standard InChI is InChI=1S/C15H17BFN3/c1-19-14-7-12(16)13(18)8-15(14)20(2)9-10-3-5-11(17)6-4-10/h3-8H,1,9,16,18H2,2H3. The van der Waals surface area contributed by atoms with E-state index < -0.39 is 0 Å². The van der Waals surface area contributed by atoms with Gasteiger partial charge in [-0.25, -0.2) is 4.39 Å². The molecule has 0 radical (unpaired) electrons. The molecule has 0 aromatic heterocycles. The molecule has 2 N–H and O–H groups in total. The summed E-state index contributed by atoms with van der Waals surface area (Å²) in [7, 11) is 3.88. The molecular weight excluding hydrogens is 252 g/mol. The average molecular weight is 269 g/mol. The lowest BCUT2D eigenvalue weighted by atomic mass is 9.93. The lowest BCUT2D eigenvalue weighted by molar-refractivity contribution is 0.627. The zero-order valence-electron chi connectivity index (χ0n) is 11.7. The first-order valence-corrected chi connectivity index (χ1v) is 6.33. The van der Waals surface area contributed by atoms with Crippen molar-refractivity contribution in [2.24, 2.45) is 4.99 Å². The number of nitrogens with two attached hydrogens (primary N) is 1. The Bertz CT molecular complexity index is 626. The monoisotopic (exact) mass is 269 g/mol. The molecule has 0 aliphatic heterocycles. The van der Waals surface area contributed by atoms with Gasteiger partial charge in [-0.05, 0) is 36.5 Å². The summed E-state index contributed by atoms with van der Waals surface area (Å²) in [6.07, 6.45) is 0. The van der Waals surface area contributed by atoms with Crippen LogP contribution in [0.4, 0.5) is 21.5 Å². The van der Waals surface area contributed by atoms with Crippen LogP contribution < -0.4 is 16.1 Å². The number of nitrogen functional groups attached to an aromatic ring is 1. The molecule has 2 rings (SSSR count). The van der Waals surface area contributed by atoms with Gasteiger partial charge >= 0.3 is 0 Å². The first kappa shape index (κ1) is 14.1. The Kier molecular flexibility index (Phi) is 4.08. The Balaban J connectivity index is 2.28. The summed E-state index contributed by atoms with van der Waals surface area (Å²) >= 11 is 0. The highest BCUT2D eigenvalue weighted by molar-refractivity contribution is 6.36. The van der Waals surface area contributed by atoms with Crippen LogP contribution in [0.25, 0.3) is 0 Å². The summed E-state index contributed by atoms with van der Waals surface area (Å²) in [6.45, 7) is 4.24. The first-order chi connectivity index (χ1) is 9.51. The van der Waals surface area contributed by atoms with Gasteiger partial charge in [-0.1, -0.05) is 17.6 Å². The number of halogens is 1. The van der Waals surface area contributed by atoms with Gasteiger partial charge in [-0.3, -0.25) is 4.99 Å². The molecule has 102 valence electrons. The Morgan fingerprint density at radius 1 is 1.30 bits per heavy atom. The Morgan fingerprint density at radius 3 is 2.55 bits per heavy atom. The van der Waals surface area contributed by atoms with Crippen molar-refractivity contribution in [3.8, 4) is 0 Å². The molecule has 2 aromatic carbocycles. The molecule has 0 spiro atoms. The van der Waals surface area contributed by atoms with Crippen LogP contribution in [-0.4, -0.2) is 21.6 Å². The average Bonchev–Trinajstić information content (AvgIpc) is 2.43. The first-order valence-electron chi connectivity index (χ1n) is 6.33. The van der Waals surface area contributed by atoms with Crippen LogP contribution >= 0.6 is 0 Å². The molecule has 0 bridgehead atoms. The SMILES string of the molecule is Bc1cc(N=C)c(N(C)Cc2ccc(F)cc2)cc1N. The van der Waals surface area contributed by atoms with Crippen LogP contribution in [0.5, 0.6) is 0 Å². The smallest absolute Gasteiger partial charge is 0.142 e. The van der Waals surface area contributed by atoms with E-state index in [9.17, 15) is 4.39 Å². The van der Waals surface area contributed by atoms with E-state index >= 15 is 0 Å². The minimum Gasteiger partial charge on any atom is -0.399 e. The summed E-state index contributed by atoms with van der Waals surface area (Å²) in [5.41, 5.74) is 10.4. The van der Waals surface area contributed by atoms with E-state index in [0.29, 0.717) is 6.54 Å². The molecule has 20 heavy (non-hydrogen) atoms. The minimum absolute atomic E-state index is 0.232. The summed E-state index contributed by atoms with van der Waals surface area (Å²) in [5.74, 6) is -0.232. The van der Waals surface area contributed by atoms with E-state index in [4.69, 9.17) is 5.73 Å². The van der Waals surface area contributed by atoms with E-state index in [0.717, 1.165) is 28.1 Å². The molecule has 0 amide bonds. The molecule has 0 unspecified atom stereocenters. The lowest BCUT2D eigenvalue weighted by Crippen LogP contribution is -2.19. The topological polar surface area (TPSA) is 41.6 Å². The maximum atomic E-state index is 12.9. The van der Waals surface area contributed by atoms with Crippen molar-refractivity contribution in [2.75, 3.05) is 17.7 Å². The van der Waals surface area contributed by atoms with Crippen LogP contribution in [0.1, 0.15) is 5.56 Å². The van der Waals surface area contributed by atoms with Crippen molar-refractivity contribution in [3.05, 3.63) is 47.8 Å². The lowest BCUT2D eigenvalue weighted by Gasteiger charge is -2.22. The van der Waals surface area contributed by atoms with E-state index in [2.05, 4.69) is 11.7 Å². The summed E-state index contributed by atoms with van der Waals surface area (Å²) in [4.78, 5) is 6.06. The van der Waals surface area contributed by atoms with E-state index in [1.807, 2.05) is 31.9 Å². The molecule has 3 nitrogen and oxygen atoms in total. The summed E-state index contributed by atoms with van der Waals surface area (Å²) in [6, 6.07) is 10.3. The number of hydrogen-bond acceptors (Lipinski definition) is 3. The van der Waals surface area contributed by atoms with E-state index in [-0.39, 0.29) is 5.82 Å². The van der Waals surface area contributed by atoms with Crippen molar-refractivity contribution >= 4 is 37.1 Å². The predicted molar refractivity (Wildman–Crippen MR) is 86.7 cm³/mol. The van der Waals surface area contributed by atoms with Crippen LogP contribution in [0.15, 0.2) is 41.4 Å². The molecule has 0 saturated carbocycles. The number of hydrogen-bond donors (Lipinski definition) is 1. The number of nitrogens with zero attached hydrogens (tertiary/aromatic N) is 2. The Labute approximate surface area is 119 Å². The van der Waals surface area contributed by atoms with Gasteiger partial charge in [-0.15, -0.1) is 0 Å². The largest absolute Gasteiger partial charge is 0.399 e. The van der Waals surface area contributed by atoms with Crippen LogP contribution in [0, 0.1) is 5.82 Å². The van der Waals surface area contributed by atoms with Crippen LogP contribution in [-0.2, 0) is 6.54 Å². The second kappa shape index (κ2) is 5.78. The maximum Gasteiger partial charge on any atom is 0.142 e.